The van der Waals surface area contributed by atoms with Crippen LogP contribution in [0.15, 0.2) is 97.1 Å². The number of carbonyl (C=O) groups is 2. The monoisotopic (exact) mass is 586 g/mol. The van der Waals surface area contributed by atoms with Crippen LogP contribution in [0.4, 0.5) is 0 Å². The van der Waals surface area contributed by atoms with Crippen molar-refractivity contribution in [1.29, 1.82) is 0 Å². The summed E-state index contributed by atoms with van der Waals surface area (Å²) in [6.07, 6.45) is -0.789. The number of hydrogen-bond donors (Lipinski definition) is 0. The molecule has 6 aromatic rings. The van der Waals surface area contributed by atoms with Crippen LogP contribution in [0, 0.1) is 0 Å². The van der Waals surface area contributed by atoms with Gasteiger partial charge in [-0.25, -0.2) is 0 Å². The van der Waals surface area contributed by atoms with E-state index in [2.05, 4.69) is 48.5 Å². The number of ether oxygens (including phenoxy) is 4. The summed E-state index contributed by atoms with van der Waals surface area (Å²) in [5, 5.41) is 8.09. The van der Waals surface area contributed by atoms with Crippen LogP contribution in [0.25, 0.3) is 54.2 Å². The van der Waals surface area contributed by atoms with Crippen LogP contribution in [0.5, 0.6) is 11.5 Å². The number of rotatable bonds is 9. The van der Waals surface area contributed by atoms with E-state index in [1.165, 1.54) is 13.8 Å². The Hall–Kier alpha value is -5.10. The maximum Gasteiger partial charge on any atom is 0.303 e. The Morgan fingerprint density at radius 2 is 0.727 bits per heavy atom. The second-order valence-corrected chi connectivity index (χ2v) is 11.1. The Morgan fingerprint density at radius 3 is 0.977 bits per heavy atom. The molecule has 2 atom stereocenters. The molecule has 0 N–H and O–H groups in total. The summed E-state index contributed by atoms with van der Waals surface area (Å²) >= 11 is 0. The van der Waals surface area contributed by atoms with E-state index in [9.17, 15) is 9.59 Å². The maximum atomic E-state index is 11.5. The third-order valence-electron chi connectivity index (χ3n) is 7.67. The topological polar surface area (TPSA) is 71.1 Å². The third-order valence-corrected chi connectivity index (χ3v) is 7.67. The fourth-order valence-electron chi connectivity index (χ4n) is 6.06. The molecular weight excluding hydrogens is 552 g/mol. The van der Waals surface area contributed by atoms with Gasteiger partial charge in [0.2, 0.25) is 0 Å². The second kappa shape index (κ2) is 12.3. The van der Waals surface area contributed by atoms with Gasteiger partial charge < -0.3 is 18.9 Å². The molecule has 0 heterocycles. The van der Waals surface area contributed by atoms with Crippen molar-refractivity contribution in [3.63, 3.8) is 0 Å². The SMILES string of the molecule is CC(=O)OC(C)COc1c2ccccc2c(-c2c3ccccc3c(OCC(C)OC(C)=O)c3ccccc23)c2ccccc12. The van der Waals surface area contributed by atoms with Crippen LogP contribution < -0.4 is 9.47 Å². The van der Waals surface area contributed by atoms with Gasteiger partial charge in [0.05, 0.1) is 0 Å². The van der Waals surface area contributed by atoms with E-state index in [0.29, 0.717) is 0 Å². The smallest absolute Gasteiger partial charge is 0.303 e. The Kier molecular flexibility index (Phi) is 8.07. The first-order chi connectivity index (χ1) is 21.3. The minimum Gasteiger partial charge on any atom is -0.488 e. The zero-order valence-electron chi connectivity index (χ0n) is 25.3. The minimum absolute atomic E-state index is 0.233. The van der Waals surface area contributed by atoms with Crippen LogP contribution in [-0.2, 0) is 19.1 Å². The van der Waals surface area contributed by atoms with Crippen LogP contribution >= 0.6 is 0 Å². The quantitative estimate of drug-likeness (QED) is 0.125. The van der Waals surface area contributed by atoms with E-state index in [1.54, 1.807) is 0 Å². The largest absolute Gasteiger partial charge is 0.488 e. The van der Waals surface area contributed by atoms with Gasteiger partial charge in [-0.2, -0.15) is 0 Å². The van der Waals surface area contributed by atoms with Crippen LogP contribution in [0.1, 0.15) is 27.7 Å². The molecule has 0 aliphatic rings. The highest BCUT2D eigenvalue weighted by Crippen LogP contribution is 2.49. The Labute approximate surface area is 256 Å². The highest BCUT2D eigenvalue weighted by molar-refractivity contribution is 6.26. The predicted molar refractivity (Wildman–Crippen MR) is 175 cm³/mol. The van der Waals surface area contributed by atoms with Gasteiger partial charge in [0.25, 0.3) is 0 Å². The van der Waals surface area contributed by atoms with Crippen molar-refractivity contribution < 1.29 is 28.5 Å². The van der Waals surface area contributed by atoms with Gasteiger partial charge in [0, 0.05) is 35.4 Å². The Balaban J connectivity index is 1.62. The molecule has 6 nitrogen and oxygen atoms in total. The maximum absolute atomic E-state index is 11.5. The van der Waals surface area contributed by atoms with E-state index >= 15 is 0 Å². The molecule has 222 valence electrons. The first kappa shape index (κ1) is 29.0. The average molecular weight is 587 g/mol. The summed E-state index contributed by atoms with van der Waals surface area (Å²) < 4.78 is 23.6. The molecule has 0 aliphatic carbocycles. The molecule has 2 unspecified atom stereocenters. The van der Waals surface area contributed by atoms with Gasteiger partial charge in [-0.15, -0.1) is 0 Å². The Morgan fingerprint density at radius 1 is 0.477 bits per heavy atom. The molecule has 6 aromatic carbocycles. The van der Waals surface area contributed by atoms with E-state index < -0.39 is 12.2 Å². The highest BCUT2D eigenvalue weighted by Gasteiger charge is 2.23. The number of carbonyl (C=O) groups excluding carboxylic acids is 2. The normalized spacial score (nSPS) is 12.7. The van der Waals surface area contributed by atoms with Crippen LogP contribution in [0.3, 0.4) is 0 Å². The number of esters is 2. The average Bonchev–Trinajstić information content (AvgIpc) is 3.01. The zero-order chi connectivity index (χ0) is 30.8. The summed E-state index contributed by atoms with van der Waals surface area (Å²) in [7, 11) is 0. The fourth-order valence-corrected chi connectivity index (χ4v) is 6.06. The van der Waals surface area contributed by atoms with Gasteiger partial charge in [0.1, 0.15) is 36.9 Å². The van der Waals surface area contributed by atoms with Gasteiger partial charge in [-0.05, 0) is 46.5 Å². The van der Waals surface area contributed by atoms with Gasteiger partial charge >= 0.3 is 11.9 Å². The molecule has 0 saturated carbocycles. The van der Waals surface area contributed by atoms with Gasteiger partial charge in [0.15, 0.2) is 0 Å². The summed E-state index contributed by atoms with van der Waals surface area (Å²) in [4.78, 5) is 23.1. The van der Waals surface area contributed by atoms with Crippen LogP contribution in [0.2, 0.25) is 0 Å². The van der Waals surface area contributed by atoms with E-state index in [1.807, 2.05) is 62.4 Å². The van der Waals surface area contributed by atoms with Crippen LogP contribution in [-0.4, -0.2) is 37.4 Å². The molecule has 0 amide bonds. The number of hydrogen-bond acceptors (Lipinski definition) is 6. The van der Waals surface area contributed by atoms with Crippen molar-refractivity contribution in [2.24, 2.45) is 0 Å². The molecule has 6 heteroatoms. The van der Waals surface area contributed by atoms with Crippen molar-refractivity contribution >= 4 is 55.0 Å². The summed E-state index contributed by atoms with van der Waals surface area (Å²) in [5.41, 5.74) is 2.20. The number of benzene rings is 6. The number of fused-ring (bicyclic) bond motifs is 4. The third kappa shape index (κ3) is 5.51. The van der Waals surface area contributed by atoms with Crippen molar-refractivity contribution in [3.8, 4) is 22.6 Å². The lowest BCUT2D eigenvalue weighted by Gasteiger charge is -2.23. The van der Waals surface area contributed by atoms with E-state index in [0.717, 1.165) is 65.7 Å². The molecule has 0 bridgehead atoms. The Bertz CT molecular complexity index is 1770. The molecule has 6 rings (SSSR count). The molecule has 0 saturated heterocycles. The lowest BCUT2D eigenvalue weighted by atomic mass is 9.85. The highest BCUT2D eigenvalue weighted by atomic mass is 16.6. The lowest BCUT2D eigenvalue weighted by Crippen LogP contribution is -2.20. The molecule has 0 fully saturated rings. The second-order valence-electron chi connectivity index (χ2n) is 11.1. The first-order valence-corrected chi connectivity index (χ1v) is 14.8. The molecule has 0 radical (unpaired) electrons. The summed E-state index contributed by atoms with van der Waals surface area (Å²) in [6.45, 7) is 6.93. The van der Waals surface area contributed by atoms with Crippen molar-refractivity contribution in [2.45, 2.75) is 39.9 Å². The first-order valence-electron chi connectivity index (χ1n) is 14.8. The fraction of sp³-hybridized carbons (Fsp3) is 0.211. The molecular formula is C38H34O6. The van der Waals surface area contributed by atoms with Gasteiger partial charge in [-0.1, -0.05) is 97.1 Å². The molecule has 0 spiro atoms. The van der Waals surface area contributed by atoms with Crippen molar-refractivity contribution in [2.75, 3.05) is 13.2 Å². The molecule has 0 aromatic heterocycles. The summed E-state index contributed by atoms with van der Waals surface area (Å²) in [5.74, 6) is 0.843. The van der Waals surface area contributed by atoms with Gasteiger partial charge in [-0.3, -0.25) is 9.59 Å². The standard InChI is InChI=1S/C38H34O6/c1-23(43-25(3)39)21-41-37-31-17-9-5-13-27(31)35(28-14-6-10-18-32(28)37)36-29-15-7-11-19-33(29)38(34-20-12-8-16-30(34)36)42-22-24(2)44-26(4)40/h5-20,23-24H,21-22H2,1-4H3. The lowest BCUT2D eigenvalue weighted by molar-refractivity contribution is -0.147. The zero-order valence-corrected chi connectivity index (χ0v) is 25.3. The van der Waals surface area contributed by atoms with Crippen molar-refractivity contribution in [3.05, 3.63) is 97.1 Å². The van der Waals surface area contributed by atoms with Crippen molar-refractivity contribution in [1.82, 2.24) is 0 Å². The predicted octanol–water partition coefficient (Wildman–Crippen LogP) is 8.63. The molecule has 44 heavy (non-hydrogen) atoms. The van der Waals surface area contributed by atoms with E-state index in [4.69, 9.17) is 18.9 Å². The summed E-state index contributed by atoms with van der Waals surface area (Å²) in [6, 6.07) is 33.1. The van der Waals surface area contributed by atoms with E-state index in [-0.39, 0.29) is 25.2 Å². The molecule has 0 aliphatic heterocycles. The minimum atomic E-state index is -0.395.